The summed E-state index contributed by atoms with van der Waals surface area (Å²) in [7, 11) is 0. The standard InChI is InChI=1S/C18H36N4O.HI/c1-3-19-18(20-13-15(2)14-23)21-16-9-11-22(12-10-16)17-7-5-4-6-8-17;/h15-17,23H,3-14H2,1-2H3,(H2,19,20,21);1H. The predicted molar refractivity (Wildman–Crippen MR) is 112 cm³/mol. The van der Waals surface area contributed by atoms with Crippen LogP contribution in [0.25, 0.3) is 0 Å². The molecule has 6 heteroatoms. The van der Waals surface area contributed by atoms with E-state index >= 15 is 0 Å². The molecule has 0 amide bonds. The molecule has 1 heterocycles. The molecule has 2 rings (SSSR count). The summed E-state index contributed by atoms with van der Waals surface area (Å²) in [6.07, 6.45) is 9.49. The smallest absolute Gasteiger partial charge is 0.191 e. The average molecular weight is 452 g/mol. The lowest BCUT2D eigenvalue weighted by Gasteiger charge is -2.39. The topological polar surface area (TPSA) is 59.9 Å². The minimum Gasteiger partial charge on any atom is -0.396 e. The number of nitrogens with zero attached hydrogens (tertiary/aromatic N) is 2. The molecule has 5 nitrogen and oxygen atoms in total. The Balaban J connectivity index is 0.00000288. The fourth-order valence-corrected chi connectivity index (χ4v) is 3.67. The Bertz CT molecular complexity index is 353. The molecular weight excluding hydrogens is 415 g/mol. The van der Waals surface area contributed by atoms with E-state index in [4.69, 9.17) is 5.11 Å². The number of aliphatic hydroxyl groups excluding tert-OH is 1. The lowest BCUT2D eigenvalue weighted by Crippen LogP contribution is -2.51. The average Bonchev–Trinajstić information content (AvgIpc) is 2.61. The van der Waals surface area contributed by atoms with Crippen molar-refractivity contribution in [3.63, 3.8) is 0 Å². The molecule has 0 spiro atoms. The molecule has 1 atom stereocenters. The van der Waals surface area contributed by atoms with Crippen LogP contribution in [-0.2, 0) is 0 Å². The van der Waals surface area contributed by atoms with Gasteiger partial charge in [-0.2, -0.15) is 0 Å². The second-order valence-corrected chi connectivity index (χ2v) is 7.25. The van der Waals surface area contributed by atoms with Crippen molar-refractivity contribution in [2.24, 2.45) is 10.9 Å². The number of aliphatic imine (C=N–C) groups is 1. The van der Waals surface area contributed by atoms with E-state index in [2.05, 4.69) is 27.4 Å². The molecule has 24 heavy (non-hydrogen) atoms. The summed E-state index contributed by atoms with van der Waals surface area (Å²) in [4.78, 5) is 7.33. The second kappa shape index (κ2) is 12.3. The normalized spacial score (nSPS) is 22.7. The molecule has 0 aromatic carbocycles. The first-order valence-corrected chi connectivity index (χ1v) is 9.62. The van der Waals surface area contributed by atoms with Crippen LogP contribution in [0.3, 0.4) is 0 Å². The van der Waals surface area contributed by atoms with Crippen LogP contribution >= 0.6 is 24.0 Å². The van der Waals surface area contributed by atoms with Crippen LogP contribution < -0.4 is 10.6 Å². The van der Waals surface area contributed by atoms with Crippen LogP contribution in [0.15, 0.2) is 4.99 Å². The van der Waals surface area contributed by atoms with Crippen molar-refractivity contribution in [2.45, 2.75) is 70.9 Å². The highest BCUT2D eigenvalue weighted by molar-refractivity contribution is 14.0. The van der Waals surface area contributed by atoms with Crippen LogP contribution in [-0.4, -0.2) is 60.8 Å². The summed E-state index contributed by atoms with van der Waals surface area (Å²) in [6, 6.07) is 1.37. The zero-order valence-electron chi connectivity index (χ0n) is 15.5. The van der Waals surface area contributed by atoms with E-state index in [1.165, 1.54) is 58.0 Å². The molecule has 3 N–H and O–H groups in total. The third-order valence-electron chi connectivity index (χ3n) is 5.18. The van der Waals surface area contributed by atoms with Crippen molar-refractivity contribution < 1.29 is 5.11 Å². The number of rotatable bonds is 6. The van der Waals surface area contributed by atoms with Gasteiger partial charge in [0.15, 0.2) is 5.96 Å². The van der Waals surface area contributed by atoms with Crippen molar-refractivity contribution in [2.75, 3.05) is 32.8 Å². The minimum atomic E-state index is 0. The van der Waals surface area contributed by atoms with Crippen LogP contribution in [0.4, 0.5) is 0 Å². The molecule has 0 bridgehead atoms. The quantitative estimate of drug-likeness (QED) is 0.330. The van der Waals surface area contributed by atoms with Crippen molar-refractivity contribution in [3.8, 4) is 0 Å². The molecule has 2 aliphatic rings. The first-order valence-electron chi connectivity index (χ1n) is 9.62. The zero-order valence-corrected chi connectivity index (χ0v) is 17.8. The number of guanidine groups is 1. The fourth-order valence-electron chi connectivity index (χ4n) is 3.67. The number of halogens is 1. The molecule has 1 aliphatic heterocycles. The Hall–Kier alpha value is -0.0800. The Morgan fingerprint density at radius 2 is 1.83 bits per heavy atom. The van der Waals surface area contributed by atoms with E-state index in [1.807, 2.05) is 6.92 Å². The minimum absolute atomic E-state index is 0. The van der Waals surface area contributed by atoms with Gasteiger partial charge in [0.1, 0.15) is 0 Å². The molecular formula is C18H37IN4O. The molecule has 1 saturated heterocycles. The Labute approximate surface area is 165 Å². The van der Waals surface area contributed by atoms with Gasteiger partial charge in [-0.1, -0.05) is 26.2 Å². The van der Waals surface area contributed by atoms with E-state index in [0.717, 1.165) is 18.5 Å². The van der Waals surface area contributed by atoms with Gasteiger partial charge in [-0.05, 0) is 38.5 Å². The van der Waals surface area contributed by atoms with E-state index in [1.54, 1.807) is 0 Å². The highest BCUT2D eigenvalue weighted by Crippen LogP contribution is 2.25. The van der Waals surface area contributed by atoms with Crippen LogP contribution in [0.5, 0.6) is 0 Å². The van der Waals surface area contributed by atoms with Gasteiger partial charge in [0.25, 0.3) is 0 Å². The first kappa shape index (κ1) is 22.0. The highest BCUT2D eigenvalue weighted by Gasteiger charge is 2.26. The van der Waals surface area contributed by atoms with Gasteiger partial charge >= 0.3 is 0 Å². The molecule has 1 aliphatic carbocycles. The molecule has 2 fully saturated rings. The number of hydrogen-bond acceptors (Lipinski definition) is 3. The summed E-state index contributed by atoms with van der Waals surface area (Å²) < 4.78 is 0. The van der Waals surface area contributed by atoms with Crippen molar-refractivity contribution in [1.82, 2.24) is 15.5 Å². The van der Waals surface area contributed by atoms with Gasteiger partial charge in [0.2, 0.25) is 0 Å². The highest BCUT2D eigenvalue weighted by atomic mass is 127. The maximum absolute atomic E-state index is 9.14. The molecule has 0 radical (unpaired) electrons. The molecule has 0 aromatic heterocycles. The van der Waals surface area contributed by atoms with Crippen molar-refractivity contribution >= 4 is 29.9 Å². The van der Waals surface area contributed by atoms with E-state index < -0.39 is 0 Å². The van der Waals surface area contributed by atoms with E-state index in [-0.39, 0.29) is 36.5 Å². The van der Waals surface area contributed by atoms with Crippen LogP contribution in [0.1, 0.15) is 58.8 Å². The third kappa shape index (κ3) is 7.44. The lowest BCUT2D eigenvalue weighted by molar-refractivity contribution is 0.119. The SMILES string of the molecule is CCNC(=NCC(C)CO)NC1CCN(C2CCCCC2)CC1.I. The Morgan fingerprint density at radius 3 is 2.42 bits per heavy atom. The molecule has 0 aromatic rings. The van der Waals surface area contributed by atoms with Gasteiger partial charge in [0, 0.05) is 44.9 Å². The zero-order chi connectivity index (χ0) is 16.5. The molecule has 1 saturated carbocycles. The van der Waals surface area contributed by atoms with Gasteiger partial charge in [-0.15, -0.1) is 24.0 Å². The van der Waals surface area contributed by atoms with Gasteiger partial charge < -0.3 is 20.6 Å². The molecule has 142 valence electrons. The van der Waals surface area contributed by atoms with Crippen LogP contribution in [0.2, 0.25) is 0 Å². The van der Waals surface area contributed by atoms with Gasteiger partial charge in [-0.3, -0.25) is 4.99 Å². The van der Waals surface area contributed by atoms with E-state index in [0.29, 0.717) is 12.6 Å². The summed E-state index contributed by atoms with van der Waals surface area (Å²) in [5.74, 6) is 1.13. The monoisotopic (exact) mass is 452 g/mol. The van der Waals surface area contributed by atoms with E-state index in [9.17, 15) is 0 Å². The summed E-state index contributed by atoms with van der Waals surface area (Å²) in [5.41, 5.74) is 0. The Morgan fingerprint density at radius 1 is 1.17 bits per heavy atom. The van der Waals surface area contributed by atoms with Crippen molar-refractivity contribution in [1.29, 1.82) is 0 Å². The number of likely N-dealkylation sites (tertiary alicyclic amines) is 1. The van der Waals surface area contributed by atoms with Crippen molar-refractivity contribution in [3.05, 3.63) is 0 Å². The fraction of sp³-hybridized carbons (Fsp3) is 0.944. The van der Waals surface area contributed by atoms with Gasteiger partial charge in [-0.25, -0.2) is 0 Å². The maximum atomic E-state index is 9.14. The number of hydrogen-bond donors (Lipinski definition) is 3. The Kier molecular flexibility index (Phi) is 11.3. The van der Waals surface area contributed by atoms with Gasteiger partial charge in [0.05, 0.1) is 0 Å². The lowest BCUT2D eigenvalue weighted by atomic mass is 9.92. The molecule has 1 unspecified atom stereocenters. The maximum Gasteiger partial charge on any atom is 0.191 e. The first-order chi connectivity index (χ1) is 11.2. The number of piperidine rings is 1. The third-order valence-corrected chi connectivity index (χ3v) is 5.18. The summed E-state index contributed by atoms with van der Waals surface area (Å²) in [5, 5.41) is 16.1. The summed E-state index contributed by atoms with van der Waals surface area (Å²) in [6.45, 7) is 8.30. The predicted octanol–water partition coefficient (Wildman–Crippen LogP) is 2.59. The van der Waals surface area contributed by atoms with Crippen LogP contribution in [0, 0.1) is 5.92 Å². The summed E-state index contributed by atoms with van der Waals surface area (Å²) >= 11 is 0. The number of nitrogens with one attached hydrogen (secondary N) is 2. The largest absolute Gasteiger partial charge is 0.396 e. The second-order valence-electron chi connectivity index (χ2n) is 7.25. The number of aliphatic hydroxyl groups is 1.